The van der Waals surface area contributed by atoms with Crippen LogP contribution < -0.4 is 4.57 Å². The number of nitrogens with zero attached hydrogens (tertiary/aromatic N) is 1. The van der Waals surface area contributed by atoms with E-state index in [0.717, 1.165) is 0 Å². The molecule has 0 saturated heterocycles. The van der Waals surface area contributed by atoms with Gasteiger partial charge in [-0.15, -0.1) is 11.3 Å². The molecule has 2 aromatic heterocycles. The van der Waals surface area contributed by atoms with Crippen LogP contribution in [0.4, 0.5) is 0 Å². The monoisotopic (exact) mass is 304 g/mol. The van der Waals surface area contributed by atoms with Gasteiger partial charge in [-0.25, -0.2) is 4.57 Å². The minimum absolute atomic E-state index is 1.27. The molecule has 0 amide bonds. The Labute approximate surface area is 134 Å². The highest BCUT2D eigenvalue weighted by Gasteiger charge is 2.18. The molecule has 0 aliphatic carbocycles. The van der Waals surface area contributed by atoms with Gasteiger partial charge in [0.2, 0.25) is 5.69 Å². The Hall–Kier alpha value is -2.19. The van der Waals surface area contributed by atoms with Gasteiger partial charge in [0.05, 0.1) is 5.56 Å². The maximum Gasteiger partial charge on any atom is 0.213 e. The van der Waals surface area contributed by atoms with Gasteiger partial charge in [-0.2, -0.15) is 0 Å². The van der Waals surface area contributed by atoms with E-state index in [2.05, 4.69) is 80.2 Å². The predicted molar refractivity (Wildman–Crippen MR) is 95.4 cm³/mol. The molecular formula is C20H18NS+. The Morgan fingerprint density at radius 2 is 1.73 bits per heavy atom. The predicted octanol–water partition coefficient (Wildman–Crippen LogP) is 5.16. The summed E-state index contributed by atoms with van der Waals surface area (Å²) < 4.78 is 4.98. The third-order valence-corrected chi connectivity index (χ3v) is 5.58. The highest BCUT2D eigenvalue weighted by molar-refractivity contribution is 7.26. The van der Waals surface area contributed by atoms with E-state index in [1.165, 1.54) is 42.6 Å². The molecule has 4 rings (SSSR count). The maximum absolute atomic E-state index is 2.28. The summed E-state index contributed by atoms with van der Waals surface area (Å²) in [6.45, 7) is 4.41. The summed E-state index contributed by atoms with van der Waals surface area (Å²) in [6.07, 6.45) is 2.12. The first-order valence-corrected chi connectivity index (χ1v) is 8.35. The molecule has 0 spiro atoms. The number of pyridine rings is 1. The molecule has 2 heteroatoms. The van der Waals surface area contributed by atoms with Crippen LogP contribution in [-0.2, 0) is 7.05 Å². The van der Waals surface area contributed by atoms with Gasteiger partial charge in [0.15, 0.2) is 6.20 Å². The van der Waals surface area contributed by atoms with Crippen LogP contribution in [0.5, 0.6) is 0 Å². The van der Waals surface area contributed by atoms with Crippen LogP contribution in [0.1, 0.15) is 11.1 Å². The number of aryl methyl sites for hydroxylation is 3. The summed E-state index contributed by atoms with van der Waals surface area (Å²) >= 11 is 1.91. The summed E-state index contributed by atoms with van der Waals surface area (Å²) in [5, 5.41) is 2.78. The molecule has 0 fully saturated rings. The number of benzene rings is 2. The standard InChI is InChI=1S/C20H18NS/c1-13-7-6-9-17-18(13)15-11-10-14(2)19(20(15)22-17)16-8-4-5-12-21(16)3/h4-12H,1-3H3/q+1. The summed E-state index contributed by atoms with van der Waals surface area (Å²) in [7, 11) is 2.12. The van der Waals surface area contributed by atoms with Crippen molar-refractivity contribution in [3.8, 4) is 11.3 Å². The average molecular weight is 304 g/mol. The van der Waals surface area contributed by atoms with Gasteiger partial charge in [0.1, 0.15) is 7.05 Å². The maximum atomic E-state index is 2.28. The Morgan fingerprint density at radius 1 is 0.864 bits per heavy atom. The van der Waals surface area contributed by atoms with Gasteiger partial charge in [-0.05, 0) is 37.1 Å². The molecule has 2 aromatic carbocycles. The minimum atomic E-state index is 1.27. The number of fused-ring (bicyclic) bond motifs is 3. The molecule has 2 heterocycles. The van der Waals surface area contributed by atoms with Crippen LogP contribution in [0.15, 0.2) is 54.7 Å². The molecule has 0 atom stereocenters. The second kappa shape index (κ2) is 4.92. The van der Waals surface area contributed by atoms with E-state index in [9.17, 15) is 0 Å². The normalized spacial score (nSPS) is 11.4. The van der Waals surface area contributed by atoms with Crippen molar-refractivity contribution in [3.05, 3.63) is 65.9 Å². The third kappa shape index (κ3) is 1.87. The average Bonchev–Trinajstić information content (AvgIpc) is 2.88. The van der Waals surface area contributed by atoms with E-state index >= 15 is 0 Å². The zero-order chi connectivity index (χ0) is 15.3. The molecule has 4 aromatic rings. The molecule has 22 heavy (non-hydrogen) atoms. The van der Waals surface area contributed by atoms with Crippen molar-refractivity contribution < 1.29 is 4.57 Å². The summed E-state index contributed by atoms with van der Waals surface area (Å²) in [6, 6.07) is 17.5. The zero-order valence-corrected chi connectivity index (χ0v) is 13.9. The van der Waals surface area contributed by atoms with Crippen LogP contribution in [0.2, 0.25) is 0 Å². The molecule has 0 saturated carbocycles. The Bertz CT molecular complexity index is 1010. The van der Waals surface area contributed by atoms with E-state index in [4.69, 9.17) is 0 Å². The summed E-state index contributed by atoms with van der Waals surface area (Å²) in [5.41, 5.74) is 5.32. The van der Waals surface area contributed by atoms with Crippen molar-refractivity contribution in [3.63, 3.8) is 0 Å². The van der Waals surface area contributed by atoms with Gasteiger partial charge in [0, 0.05) is 32.3 Å². The van der Waals surface area contributed by atoms with Crippen LogP contribution in [-0.4, -0.2) is 0 Å². The quantitative estimate of drug-likeness (QED) is 0.427. The first-order chi connectivity index (χ1) is 10.7. The molecule has 0 unspecified atom stereocenters. The van der Waals surface area contributed by atoms with E-state index in [0.29, 0.717) is 0 Å². The van der Waals surface area contributed by atoms with Crippen LogP contribution in [0.3, 0.4) is 0 Å². The first kappa shape index (κ1) is 13.5. The highest BCUT2D eigenvalue weighted by Crippen LogP contribution is 2.41. The van der Waals surface area contributed by atoms with Gasteiger partial charge in [-0.3, -0.25) is 0 Å². The molecule has 0 aliphatic rings. The van der Waals surface area contributed by atoms with Gasteiger partial charge in [-0.1, -0.05) is 24.3 Å². The lowest BCUT2D eigenvalue weighted by molar-refractivity contribution is -0.660. The van der Waals surface area contributed by atoms with Crippen molar-refractivity contribution >= 4 is 31.5 Å². The third-order valence-electron chi connectivity index (χ3n) is 4.39. The van der Waals surface area contributed by atoms with Crippen LogP contribution in [0, 0.1) is 13.8 Å². The van der Waals surface area contributed by atoms with Gasteiger partial charge in [0.25, 0.3) is 0 Å². The largest absolute Gasteiger partial charge is 0.213 e. The van der Waals surface area contributed by atoms with Crippen LogP contribution in [0.25, 0.3) is 31.4 Å². The number of aromatic nitrogens is 1. The van der Waals surface area contributed by atoms with Gasteiger partial charge >= 0.3 is 0 Å². The molecule has 0 aliphatic heterocycles. The Balaban J connectivity index is 2.19. The molecule has 0 N–H and O–H groups in total. The second-order valence-corrected chi connectivity index (χ2v) is 6.93. The van der Waals surface area contributed by atoms with Crippen molar-refractivity contribution in [2.75, 3.05) is 0 Å². The van der Waals surface area contributed by atoms with Crippen molar-refractivity contribution in [1.82, 2.24) is 0 Å². The minimum Gasteiger partial charge on any atom is -0.201 e. The lowest BCUT2D eigenvalue weighted by atomic mass is 10.00. The van der Waals surface area contributed by atoms with Crippen molar-refractivity contribution in [2.45, 2.75) is 13.8 Å². The van der Waals surface area contributed by atoms with Crippen molar-refractivity contribution in [1.29, 1.82) is 0 Å². The number of hydrogen-bond donors (Lipinski definition) is 0. The van der Waals surface area contributed by atoms with E-state index in [-0.39, 0.29) is 0 Å². The molecule has 1 nitrogen and oxygen atoms in total. The number of thiophene rings is 1. The molecule has 0 radical (unpaired) electrons. The fourth-order valence-corrected chi connectivity index (χ4v) is 4.65. The topological polar surface area (TPSA) is 3.88 Å². The molecule has 0 bridgehead atoms. The Morgan fingerprint density at radius 3 is 2.55 bits per heavy atom. The van der Waals surface area contributed by atoms with Gasteiger partial charge < -0.3 is 0 Å². The van der Waals surface area contributed by atoms with E-state index in [1.54, 1.807) is 0 Å². The number of hydrogen-bond acceptors (Lipinski definition) is 1. The van der Waals surface area contributed by atoms with E-state index < -0.39 is 0 Å². The first-order valence-electron chi connectivity index (χ1n) is 7.53. The van der Waals surface area contributed by atoms with Crippen LogP contribution >= 0.6 is 11.3 Å². The summed E-state index contributed by atoms with van der Waals surface area (Å²) in [5.74, 6) is 0. The lowest BCUT2D eigenvalue weighted by Crippen LogP contribution is -2.30. The van der Waals surface area contributed by atoms with Crippen molar-refractivity contribution in [2.24, 2.45) is 7.05 Å². The SMILES string of the molecule is Cc1ccc2c(sc3cccc(C)c32)c1-c1cccc[n+]1C. The van der Waals surface area contributed by atoms with E-state index in [1.807, 2.05) is 11.3 Å². The fourth-order valence-electron chi connectivity index (χ4n) is 3.27. The number of rotatable bonds is 1. The fraction of sp³-hybridized carbons (Fsp3) is 0.150. The second-order valence-electron chi connectivity index (χ2n) is 5.88. The summed E-state index contributed by atoms with van der Waals surface area (Å²) in [4.78, 5) is 0. The Kier molecular flexibility index (Phi) is 3.02. The molecular weight excluding hydrogens is 286 g/mol. The zero-order valence-electron chi connectivity index (χ0n) is 13.1. The molecule has 108 valence electrons. The smallest absolute Gasteiger partial charge is 0.201 e. The lowest BCUT2D eigenvalue weighted by Gasteiger charge is -2.06. The highest BCUT2D eigenvalue weighted by atomic mass is 32.1.